The van der Waals surface area contributed by atoms with E-state index in [2.05, 4.69) is 57.7 Å². The topological polar surface area (TPSA) is 118 Å². The summed E-state index contributed by atoms with van der Waals surface area (Å²) in [4.78, 5) is 21.7. The van der Waals surface area contributed by atoms with E-state index >= 15 is 0 Å². The number of ether oxygens (including phenoxy) is 1. The Hall–Kier alpha value is -3.34. The van der Waals surface area contributed by atoms with Crippen molar-refractivity contribution in [2.45, 2.75) is 77.7 Å². The van der Waals surface area contributed by atoms with Gasteiger partial charge in [0, 0.05) is 23.5 Å². The lowest BCUT2D eigenvalue weighted by Gasteiger charge is -2.45. The first-order chi connectivity index (χ1) is 17.4. The molecule has 2 N–H and O–H groups in total. The van der Waals surface area contributed by atoms with Crippen LogP contribution in [-0.4, -0.2) is 42.9 Å². The standard InChI is InChI=1S/C27H34N7O2P/c1-16-13-29-25(32-19-14-30-34(15-19)20-10-26(3,4)36-27(5,6)11-20)33-23(16)18-7-8-21(22(37)9-18)24(35)31-17(2)12-28/h7-9,13-15,17,20H,10-11,37H2,1-6H3,(H,31,35)(H,29,32,33)/t17-/m0/s1. The van der Waals surface area contributed by atoms with Crippen molar-refractivity contribution in [3.63, 3.8) is 0 Å². The average molecular weight is 520 g/mol. The summed E-state index contributed by atoms with van der Waals surface area (Å²) < 4.78 is 8.22. The number of anilines is 2. The van der Waals surface area contributed by atoms with Crippen LogP contribution in [-0.2, 0) is 4.74 Å². The molecule has 1 saturated heterocycles. The Morgan fingerprint density at radius 3 is 2.59 bits per heavy atom. The van der Waals surface area contributed by atoms with Crippen molar-refractivity contribution in [1.82, 2.24) is 25.1 Å². The number of aromatic nitrogens is 4. The minimum absolute atomic E-state index is 0.221. The molecule has 3 heterocycles. The normalized spacial score (nSPS) is 17.6. The minimum atomic E-state index is -0.567. The Labute approximate surface area is 220 Å². The molecule has 1 fully saturated rings. The maximum Gasteiger partial charge on any atom is 0.252 e. The van der Waals surface area contributed by atoms with Crippen LogP contribution < -0.4 is 15.9 Å². The highest BCUT2D eigenvalue weighted by Gasteiger charge is 2.40. The summed E-state index contributed by atoms with van der Waals surface area (Å²) in [7, 11) is 2.59. The van der Waals surface area contributed by atoms with Gasteiger partial charge in [-0.25, -0.2) is 9.97 Å². The number of nitriles is 1. The molecule has 2 aromatic heterocycles. The number of hydrogen-bond acceptors (Lipinski definition) is 7. The van der Waals surface area contributed by atoms with Gasteiger partial charge in [-0.2, -0.15) is 10.4 Å². The number of rotatable bonds is 6. The highest BCUT2D eigenvalue weighted by Crippen LogP contribution is 2.40. The minimum Gasteiger partial charge on any atom is -0.370 e. The number of nitrogens with zero attached hydrogens (tertiary/aromatic N) is 5. The van der Waals surface area contributed by atoms with Gasteiger partial charge in [-0.3, -0.25) is 9.48 Å². The van der Waals surface area contributed by atoms with E-state index in [1.54, 1.807) is 25.4 Å². The van der Waals surface area contributed by atoms with Gasteiger partial charge >= 0.3 is 0 Å². The zero-order valence-electron chi connectivity index (χ0n) is 22.2. The number of carbonyl (C=O) groups is 1. The van der Waals surface area contributed by atoms with E-state index in [0.717, 1.165) is 40.7 Å². The largest absolute Gasteiger partial charge is 0.370 e. The number of amides is 1. The van der Waals surface area contributed by atoms with Crippen LogP contribution in [0.2, 0.25) is 0 Å². The molecule has 0 spiro atoms. The molecule has 1 unspecified atom stereocenters. The fourth-order valence-corrected chi connectivity index (χ4v) is 5.38. The van der Waals surface area contributed by atoms with Gasteiger partial charge in [0.25, 0.3) is 5.91 Å². The summed E-state index contributed by atoms with van der Waals surface area (Å²) >= 11 is 0. The average Bonchev–Trinajstić information content (AvgIpc) is 3.26. The first kappa shape index (κ1) is 26.7. The van der Waals surface area contributed by atoms with Crippen molar-refractivity contribution in [2.75, 3.05) is 5.32 Å². The lowest BCUT2D eigenvalue weighted by Crippen LogP contribution is -2.45. The summed E-state index contributed by atoms with van der Waals surface area (Å²) in [5.41, 5.74) is 3.39. The van der Waals surface area contributed by atoms with Crippen molar-refractivity contribution < 1.29 is 9.53 Å². The van der Waals surface area contributed by atoms with Gasteiger partial charge in [0.1, 0.15) is 6.04 Å². The molecule has 37 heavy (non-hydrogen) atoms. The van der Waals surface area contributed by atoms with Crippen LogP contribution in [0.15, 0.2) is 36.8 Å². The van der Waals surface area contributed by atoms with E-state index in [9.17, 15) is 4.79 Å². The quantitative estimate of drug-likeness (QED) is 0.462. The first-order valence-electron chi connectivity index (χ1n) is 12.3. The molecular weight excluding hydrogens is 485 g/mol. The predicted molar refractivity (Wildman–Crippen MR) is 147 cm³/mol. The molecule has 4 rings (SSSR count). The second-order valence-corrected chi connectivity index (χ2v) is 11.5. The number of carbonyl (C=O) groups excluding carboxylic acids is 1. The molecular formula is C27H34N7O2P. The smallest absolute Gasteiger partial charge is 0.252 e. The molecule has 0 radical (unpaired) electrons. The maximum atomic E-state index is 12.5. The van der Waals surface area contributed by atoms with Crippen molar-refractivity contribution in [2.24, 2.45) is 0 Å². The van der Waals surface area contributed by atoms with Crippen LogP contribution in [0, 0.1) is 18.3 Å². The monoisotopic (exact) mass is 519 g/mol. The molecule has 1 aromatic carbocycles. The van der Waals surface area contributed by atoms with Gasteiger partial charge in [0.2, 0.25) is 5.95 Å². The van der Waals surface area contributed by atoms with Crippen molar-refractivity contribution >= 4 is 32.1 Å². The molecule has 2 atom stereocenters. The Bertz CT molecular complexity index is 1340. The molecule has 0 bridgehead atoms. The fourth-order valence-electron chi connectivity index (χ4n) is 4.97. The van der Waals surface area contributed by atoms with Gasteiger partial charge in [0.05, 0.1) is 40.9 Å². The second-order valence-electron chi connectivity index (χ2n) is 10.9. The van der Waals surface area contributed by atoms with E-state index in [4.69, 9.17) is 15.0 Å². The number of benzene rings is 1. The zero-order chi connectivity index (χ0) is 27.0. The third-order valence-electron chi connectivity index (χ3n) is 6.32. The van der Waals surface area contributed by atoms with Gasteiger partial charge < -0.3 is 15.4 Å². The van der Waals surface area contributed by atoms with E-state index in [-0.39, 0.29) is 23.2 Å². The molecule has 1 aliphatic heterocycles. The molecule has 194 valence electrons. The molecule has 3 aromatic rings. The molecule has 9 nitrogen and oxygen atoms in total. The molecule has 1 aliphatic rings. The van der Waals surface area contributed by atoms with Crippen molar-refractivity contribution in [3.8, 4) is 17.3 Å². The highest BCUT2D eigenvalue weighted by atomic mass is 31.0. The Morgan fingerprint density at radius 2 is 1.95 bits per heavy atom. The molecule has 10 heteroatoms. The van der Waals surface area contributed by atoms with Crippen LogP contribution in [0.5, 0.6) is 0 Å². The molecule has 0 saturated carbocycles. The number of hydrogen-bond donors (Lipinski definition) is 2. The van der Waals surface area contributed by atoms with Crippen LogP contribution >= 0.6 is 9.24 Å². The molecule has 0 aliphatic carbocycles. The van der Waals surface area contributed by atoms with Gasteiger partial charge in [-0.15, -0.1) is 9.24 Å². The third kappa shape index (κ3) is 6.33. The SMILES string of the molecule is Cc1cnc(Nc2cnn(C3CC(C)(C)OC(C)(C)C3)c2)nc1-c1ccc(C(=O)N[C@@H](C)C#N)c(P)c1. The summed E-state index contributed by atoms with van der Waals surface area (Å²) in [6.45, 7) is 12.1. The number of aryl methyl sites for hydroxylation is 1. The van der Waals surface area contributed by atoms with Crippen molar-refractivity contribution in [3.05, 3.63) is 47.9 Å². The van der Waals surface area contributed by atoms with Crippen LogP contribution in [0.1, 0.15) is 69.4 Å². The van der Waals surface area contributed by atoms with E-state index < -0.39 is 6.04 Å². The third-order valence-corrected chi connectivity index (χ3v) is 6.80. The fraction of sp³-hybridized carbons (Fsp3) is 0.444. The highest BCUT2D eigenvalue weighted by molar-refractivity contribution is 7.27. The zero-order valence-corrected chi connectivity index (χ0v) is 23.3. The Kier molecular flexibility index (Phi) is 7.36. The summed E-state index contributed by atoms with van der Waals surface area (Å²) in [5, 5.41) is 20.2. The van der Waals surface area contributed by atoms with E-state index in [0.29, 0.717) is 11.5 Å². The lowest BCUT2D eigenvalue weighted by atomic mass is 9.85. The summed E-state index contributed by atoms with van der Waals surface area (Å²) in [6, 6.07) is 7.16. The summed E-state index contributed by atoms with van der Waals surface area (Å²) in [6.07, 6.45) is 7.31. The number of nitrogens with one attached hydrogen (secondary N) is 2. The van der Waals surface area contributed by atoms with Crippen LogP contribution in [0.25, 0.3) is 11.3 Å². The van der Waals surface area contributed by atoms with Gasteiger partial charge in [0.15, 0.2) is 0 Å². The van der Waals surface area contributed by atoms with Crippen molar-refractivity contribution in [1.29, 1.82) is 5.26 Å². The Balaban J connectivity index is 1.53. The van der Waals surface area contributed by atoms with Crippen LogP contribution in [0.4, 0.5) is 11.6 Å². The van der Waals surface area contributed by atoms with Crippen LogP contribution in [0.3, 0.4) is 0 Å². The lowest BCUT2D eigenvalue weighted by molar-refractivity contribution is -0.170. The van der Waals surface area contributed by atoms with Gasteiger partial charge in [-0.05, 0) is 77.4 Å². The maximum absolute atomic E-state index is 12.5. The second kappa shape index (κ2) is 10.2. The van der Waals surface area contributed by atoms with E-state index in [1.807, 2.05) is 36.0 Å². The predicted octanol–water partition coefficient (Wildman–Crippen LogP) is 4.44. The van der Waals surface area contributed by atoms with E-state index in [1.165, 1.54) is 0 Å². The first-order valence-corrected chi connectivity index (χ1v) is 12.9. The van der Waals surface area contributed by atoms with Gasteiger partial charge in [-0.1, -0.05) is 6.07 Å². The molecule has 1 amide bonds. The summed E-state index contributed by atoms with van der Waals surface area (Å²) in [5.74, 6) is 0.170. The Morgan fingerprint density at radius 1 is 1.24 bits per heavy atom.